The molecule has 106 valence electrons. The Morgan fingerprint density at radius 2 is 1.94 bits per heavy atom. The number of rotatable bonds is 8. The van der Waals surface area contributed by atoms with E-state index in [9.17, 15) is 9.59 Å². The lowest BCUT2D eigenvalue weighted by molar-refractivity contribution is -0.138. The second kappa shape index (κ2) is 8.91. The third-order valence-corrected chi connectivity index (χ3v) is 2.74. The number of nitrogens with one attached hydrogen (secondary N) is 1. The predicted molar refractivity (Wildman–Crippen MR) is 72.9 cm³/mol. The van der Waals surface area contributed by atoms with E-state index in [1.165, 1.54) is 4.90 Å². The van der Waals surface area contributed by atoms with Crippen molar-refractivity contribution >= 4 is 11.8 Å². The Balaban J connectivity index is 4.17. The van der Waals surface area contributed by atoms with Gasteiger partial charge in [-0.3, -0.25) is 9.59 Å². The van der Waals surface area contributed by atoms with Gasteiger partial charge in [0.1, 0.15) is 0 Å². The van der Waals surface area contributed by atoms with Crippen LogP contribution in [0.1, 0.15) is 33.6 Å². The van der Waals surface area contributed by atoms with Crippen LogP contribution in [0.4, 0.5) is 0 Å². The van der Waals surface area contributed by atoms with Gasteiger partial charge in [-0.1, -0.05) is 27.2 Å². The Labute approximate surface area is 110 Å². The zero-order valence-corrected chi connectivity index (χ0v) is 12.0. The van der Waals surface area contributed by atoms with Gasteiger partial charge in [0.2, 0.25) is 11.8 Å². The molecule has 0 fully saturated rings. The van der Waals surface area contributed by atoms with Gasteiger partial charge < -0.3 is 16.0 Å². The smallest absolute Gasteiger partial charge is 0.239 e. The zero-order valence-electron chi connectivity index (χ0n) is 12.0. The first-order chi connectivity index (χ1) is 8.42. The maximum Gasteiger partial charge on any atom is 0.239 e. The molecule has 5 nitrogen and oxygen atoms in total. The zero-order chi connectivity index (χ0) is 14.1. The van der Waals surface area contributed by atoms with E-state index in [1.54, 1.807) is 7.05 Å². The molecule has 18 heavy (non-hydrogen) atoms. The summed E-state index contributed by atoms with van der Waals surface area (Å²) < 4.78 is 0. The van der Waals surface area contributed by atoms with Crippen molar-refractivity contribution < 1.29 is 9.59 Å². The fourth-order valence-corrected chi connectivity index (χ4v) is 1.67. The van der Waals surface area contributed by atoms with E-state index >= 15 is 0 Å². The number of carbonyl (C=O) groups excluding carboxylic acids is 2. The first kappa shape index (κ1) is 16.9. The minimum atomic E-state index is -0.169. The highest BCUT2D eigenvalue weighted by Crippen LogP contribution is 2.07. The fraction of sp³-hybridized carbons (Fsp3) is 0.846. The molecule has 0 aromatic carbocycles. The largest absolute Gasteiger partial charge is 0.354 e. The fourth-order valence-electron chi connectivity index (χ4n) is 1.67. The highest BCUT2D eigenvalue weighted by atomic mass is 16.2. The minimum Gasteiger partial charge on any atom is -0.354 e. The summed E-state index contributed by atoms with van der Waals surface area (Å²) >= 11 is 0. The van der Waals surface area contributed by atoms with Crippen molar-refractivity contribution in [2.24, 2.45) is 17.6 Å². The van der Waals surface area contributed by atoms with E-state index in [0.717, 1.165) is 12.8 Å². The number of hydrogen-bond donors (Lipinski definition) is 2. The number of nitrogens with zero attached hydrogens (tertiary/aromatic N) is 1. The molecule has 0 aromatic rings. The van der Waals surface area contributed by atoms with Gasteiger partial charge in [-0.2, -0.15) is 0 Å². The maximum atomic E-state index is 12.0. The number of carbonyl (C=O) groups is 2. The molecular formula is C13H27N3O2. The lowest BCUT2D eigenvalue weighted by Gasteiger charge is -2.22. The summed E-state index contributed by atoms with van der Waals surface area (Å²) in [6, 6.07) is 0. The molecule has 1 unspecified atom stereocenters. The second-order valence-corrected chi connectivity index (χ2v) is 5.11. The van der Waals surface area contributed by atoms with Crippen molar-refractivity contribution in [1.82, 2.24) is 10.2 Å². The maximum absolute atomic E-state index is 12.0. The number of hydrogen-bond acceptors (Lipinski definition) is 3. The third kappa shape index (κ3) is 6.59. The van der Waals surface area contributed by atoms with Crippen molar-refractivity contribution in [3.63, 3.8) is 0 Å². The second-order valence-electron chi connectivity index (χ2n) is 5.11. The summed E-state index contributed by atoms with van der Waals surface area (Å²) in [4.78, 5) is 25.1. The van der Waals surface area contributed by atoms with Crippen LogP contribution in [0.25, 0.3) is 0 Å². The van der Waals surface area contributed by atoms with Gasteiger partial charge >= 0.3 is 0 Å². The van der Waals surface area contributed by atoms with Crippen LogP contribution in [0.3, 0.4) is 0 Å². The van der Waals surface area contributed by atoms with Gasteiger partial charge in [0, 0.05) is 20.1 Å². The molecule has 0 aromatic heterocycles. The monoisotopic (exact) mass is 257 g/mol. The highest BCUT2D eigenvalue weighted by molar-refractivity contribution is 5.85. The summed E-state index contributed by atoms with van der Waals surface area (Å²) in [5.41, 5.74) is 5.58. The first-order valence-corrected chi connectivity index (χ1v) is 6.64. The van der Waals surface area contributed by atoms with Crippen molar-refractivity contribution in [1.29, 1.82) is 0 Å². The molecule has 5 heteroatoms. The highest BCUT2D eigenvalue weighted by Gasteiger charge is 2.21. The minimum absolute atomic E-state index is 0.0425. The standard InChI is InChI=1S/C13H27N3O2/c1-5-6-11(7-14)13(18)16(4)9-12(17)15-8-10(2)3/h10-11H,5-9,14H2,1-4H3,(H,15,17). The Kier molecular flexibility index (Phi) is 8.37. The molecule has 0 rings (SSSR count). The molecule has 0 radical (unpaired) electrons. The number of amides is 2. The van der Waals surface area contributed by atoms with Gasteiger partial charge in [0.15, 0.2) is 0 Å². The summed E-state index contributed by atoms with van der Waals surface area (Å²) in [5, 5.41) is 2.79. The third-order valence-electron chi connectivity index (χ3n) is 2.74. The Hall–Kier alpha value is -1.10. The molecule has 0 spiro atoms. The normalized spacial score (nSPS) is 12.3. The Morgan fingerprint density at radius 1 is 1.33 bits per heavy atom. The lowest BCUT2D eigenvalue weighted by atomic mass is 10.0. The van der Waals surface area contributed by atoms with Crippen molar-refractivity contribution in [2.45, 2.75) is 33.6 Å². The van der Waals surface area contributed by atoms with Crippen LogP contribution in [-0.2, 0) is 9.59 Å². The molecule has 0 aliphatic heterocycles. The van der Waals surface area contributed by atoms with Gasteiger partial charge in [-0.25, -0.2) is 0 Å². The average molecular weight is 257 g/mol. The van der Waals surface area contributed by atoms with Gasteiger partial charge in [0.05, 0.1) is 12.5 Å². The van der Waals surface area contributed by atoms with Crippen LogP contribution in [0.2, 0.25) is 0 Å². The van der Waals surface area contributed by atoms with E-state index in [1.807, 2.05) is 20.8 Å². The van der Waals surface area contributed by atoms with E-state index in [-0.39, 0.29) is 24.3 Å². The summed E-state index contributed by atoms with van der Waals surface area (Å²) in [5.74, 6) is 0.0793. The van der Waals surface area contributed by atoms with Gasteiger partial charge in [0.25, 0.3) is 0 Å². The first-order valence-electron chi connectivity index (χ1n) is 6.64. The number of nitrogens with two attached hydrogens (primary N) is 1. The van der Waals surface area contributed by atoms with Crippen molar-refractivity contribution in [3.8, 4) is 0 Å². The summed E-state index contributed by atoms with van der Waals surface area (Å²) in [7, 11) is 1.65. The quantitative estimate of drug-likeness (QED) is 0.668. The summed E-state index contributed by atoms with van der Waals surface area (Å²) in [6.45, 7) is 7.15. The SMILES string of the molecule is CCCC(CN)C(=O)N(C)CC(=O)NCC(C)C. The molecular weight excluding hydrogens is 230 g/mol. The topological polar surface area (TPSA) is 75.4 Å². The van der Waals surface area contributed by atoms with Crippen LogP contribution in [-0.4, -0.2) is 43.4 Å². The van der Waals surface area contributed by atoms with Crippen LogP contribution in [0.5, 0.6) is 0 Å². The van der Waals surface area contributed by atoms with Crippen molar-refractivity contribution in [3.05, 3.63) is 0 Å². The molecule has 0 heterocycles. The molecule has 0 saturated carbocycles. The van der Waals surface area contributed by atoms with Crippen LogP contribution >= 0.6 is 0 Å². The van der Waals surface area contributed by atoms with Crippen molar-refractivity contribution in [2.75, 3.05) is 26.7 Å². The van der Waals surface area contributed by atoms with Gasteiger partial charge in [-0.15, -0.1) is 0 Å². The molecule has 0 saturated heterocycles. The molecule has 3 N–H and O–H groups in total. The van der Waals surface area contributed by atoms with E-state index in [0.29, 0.717) is 19.0 Å². The Bertz CT molecular complexity index is 267. The lowest BCUT2D eigenvalue weighted by Crippen LogP contribution is -2.43. The summed E-state index contributed by atoms with van der Waals surface area (Å²) in [6.07, 6.45) is 1.69. The molecule has 0 aliphatic rings. The van der Waals surface area contributed by atoms with E-state index in [2.05, 4.69) is 5.32 Å². The molecule has 2 amide bonds. The predicted octanol–water partition coefficient (Wildman–Crippen LogP) is 0.592. The van der Waals surface area contributed by atoms with Crippen LogP contribution < -0.4 is 11.1 Å². The van der Waals surface area contributed by atoms with Crippen LogP contribution in [0.15, 0.2) is 0 Å². The van der Waals surface area contributed by atoms with E-state index in [4.69, 9.17) is 5.73 Å². The number of likely N-dealkylation sites (N-methyl/N-ethyl adjacent to an activating group) is 1. The van der Waals surface area contributed by atoms with E-state index < -0.39 is 0 Å². The molecule has 0 bridgehead atoms. The molecule has 0 aliphatic carbocycles. The molecule has 1 atom stereocenters. The van der Waals surface area contributed by atoms with Gasteiger partial charge in [-0.05, 0) is 12.3 Å². The van der Waals surface area contributed by atoms with Crippen LogP contribution in [0, 0.1) is 11.8 Å². The Morgan fingerprint density at radius 3 is 2.39 bits per heavy atom. The average Bonchev–Trinajstić information content (AvgIpc) is 2.32.